The lowest BCUT2D eigenvalue weighted by Crippen LogP contribution is -2.37. The molecule has 0 bridgehead atoms. The third kappa shape index (κ3) is 2.06. The molecule has 0 spiro atoms. The molecule has 0 aromatic rings. The maximum Gasteiger partial charge on any atom is 0.393 e. The van der Waals surface area contributed by atoms with Gasteiger partial charge in [0.15, 0.2) is 5.60 Å². The van der Waals surface area contributed by atoms with E-state index in [-0.39, 0.29) is 12.4 Å². The summed E-state index contributed by atoms with van der Waals surface area (Å²) in [7, 11) is 1.25. The van der Waals surface area contributed by atoms with Crippen molar-refractivity contribution < 1.29 is 14.3 Å². The van der Waals surface area contributed by atoms with E-state index >= 15 is 0 Å². The minimum atomic E-state index is -0.827. The van der Waals surface area contributed by atoms with Crippen molar-refractivity contribution in [1.29, 1.82) is 0 Å². The molecular weight excluding hydrogens is 217 g/mol. The molecule has 74 valence electrons. The number of esters is 1. The third-order valence-electron chi connectivity index (χ3n) is 1.69. The molecule has 0 radical (unpaired) electrons. The normalized spacial score (nSPS) is 27.0. The summed E-state index contributed by atoms with van der Waals surface area (Å²) < 4.78 is 9.60. The molecule has 13 heavy (non-hydrogen) atoms. The average molecular weight is 226 g/mol. The second kappa shape index (κ2) is 3.72. The predicted octanol–water partition coefficient (Wildman–Crippen LogP) is 1.15. The first-order chi connectivity index (χ1) is 5.99. The number of aliphatic imine (C=N–C) groups is 1. The topological polar surface area (TPSA) is 47.9 Å². The molecule has 1 unspecified atom stereocenters. The fourth-order valence-corrected chi connectivity index (χ4v) is 1.05. The highest BCUT2D eigenvalue weighted by molar-refractivity contribution is 6.45. The Bertz CT molecular complexity index is 254. The summed E-state index contributed by atoms with van der Waals surface area (Å²) in [6.07, 6.45) is 0. The number of hydrogen-bond acceptors (Lipinski definition) is 4. The van der Waals surface area contributed by atoms with Gasteiger partial charge in [0.05, 0.1) is 13.7 Å². The van der Waals surface area contributed by atoms with E-state index in [1.54, 1.807) is 6.92 Å². The number of methoxy groups -OCH3 is 1. The zero-order valence-electron chi connectivity index (χ0n) is 7.21. The molecule has 0 N–H and O–H groups in total. The zero-order valence-corrected chi connectivity index (χ0v) is 8.72. The number of ether oxygens (including phenoxy) is 2. The largest absolute Gasteiger partial charge is 0.462 e. The van der Waals surface area contributed by atoms with Gasteiger partial charge in [-0.1, -0.05) is 0 Å². The van der Waals surface area contributed by atoms with Gasteiger partial charge in [0.25, 0.3) is 5.90 Å². The molecule has 4 nitrogen and oxygen atoms in total. The summed E-state index contributed by atoms with van der Waals surface area (Å²) >= 11 is 11.3. The van der Waals surface area contributed by atoms with Gasteiger partial charge in [-0.15, -0.1) is 23.2 Å². The summed E-state index contributed by atoms with van der Waals surface area (Å²) in [6, 6.07) is 0. The molecule has 0 aromatic heterocycles. The fourth-order valence-electron chi connectivity index (χ4n) is 0.821. The summed E-state index contributed by atoms with van der Waals surface area (Å²) in [5.41, 5.74) is -0.827. The molecule has 1 rings (SSSR count). The standard InChI is InChI=1S/C7H9Cl2NO3/c1-7(6(8)9)3-10-4(13-7)5(11)12-2/h6H,3H2,1-2H3. The number of carbonyl (C=O) groups is 1. The molecule has 1 aliphatic rings. The molecule has 0 amide bonds. The van der Waals surface area contributed by atoms with Crippen LogP contribution in [0, 0.1) is 0 Å². The van der Waals surface area contributed by atoms with Crippen LogP contribution in [0.2, 0.25) is 0 Å². The van der Waals surface area contributed by atoms with Crippen LogP contribution in [0.3, 0.4) is 0 Å². The summed E-state index contributed by atoms with van der Waals surface area (Å²) in [4.78, 5) is 14.1. The molecule has 0 aromatic carbocycles. The number of halogens is 2. The highest BCUT2D eigenvalue weighted by Crippen LogP contribution is 2.28. The van der Waals surface area contributed by atoms with Gasteiger partial charge < -0.3 is 9.47 Å². The zero-order chi connectivity index (χ0) is 10.1. The number of nitrogens with zero attached hydrogens (tertiary/aromatic N) is 1. The Labute approximate surface area is 85.8 Å². The molecule has 0 aliphatic carbocycles. The first kappa shape index (κ1) is 10.6. The van der Waals surface area contributed by atoms with Crippen LogP contribution in [0.15, 0.2) is 4.99 Å². The highest BCUT2D eigenvalue weighted by atomic mass is 35.5. The Morgan fingerprint density at radius 2 is 2.38 bits per heavy atom. The molecule has 6 heteroatoms. The van der Waals surface area contributed by atoms with Crippen LogP contribution in [0.25, 0.3) is 0 Å². The number of rotatable bonds is 2. The van der Waals surface area contributed by atoms with Crippen LogP contribution >= 0.6 is 23.2 Å². The summed E-state index contributed by atoms with van der Waals surface area (Å²) in [6.45, 7) is 1.94. The molecule has 0 saturated heterocycles. The van der Waals surface area contributed by atoms with Crippen LogP contribution < -0.4 is 0 Å². The van der Waals surface area contributed by atoms with Gasteiger partial charge in [-0.25, -0.2) is 9.79 Å². The Morgan fingerprint density at radius 1 is 1.77 bits per heavy atom. The maximum atomic E-state index is 11.0. The average Bonchev–Trinajstić information content (AvgIpc) is 2.48. The van der Waals surface area contributed by atoms with Crippen molar-refractivity contribution in [2.45, 2.75) is 17.4 Å². The molecular formula is C7H9Cl2NO3. The Balaban J connectivity index is 2.65. The molecule has 0 saturated carbocycles. The van der Waals surface area contributed by atoms with Crippen molar-refractivity contribution in [3.63, 3.8) is 0 Å². The van der Waals surface area contributed by atoms with Gasteiger partial charge >= 0.3 is 5.97 Å². The lowest BCUT2D eigenvalue weighted by atomic mass is 10.1. The monoisotopic (exact) mass is 225 g/mol. The van der Waals surface area contributed by atoms with E-state index in [2.05, 4.69) is 9.73 Å². The van der Waals surface area contributed by atoms with Gasteiger partial charge in [-0.2, -0.15) is 0 Å². The van der Waals surface area contributed by atoms with Crippen LogP contribution in [0.5, 0.6) is 0 Å². The third-order valence-corrected chi connectivity index (χ3v) is 2.61. The summed E-state index contributed by atoms with van der Waals surface area (Å²) in [5, 5.41) is 0. The second-order valence-corrected chi connectivity index (χ2v) is 3.92. The minimum absolute atomic E-state index is 0.0729. The van der Waals surface area contributed by atoms with Crippen molar-refractivity contribution in [2.24, 2.45) is 4.99 Å². The Hall–Kier alpha value is -0.480. The van der Waals surface area contributed by atoms with Gasteiger partial charge in [0.1, 0.15) is 4.84 Å². The van der Waals surface area contributed by atoms with Crippen LogP contribution in [0.1, 0.15) is 6.92 Å². The summed E-state index contributed by atoms with van der Waals surface area (Å²) in [5.74, 6) is -0.686. The number of hydrogen-bond donors (Lipinski definition) is 0. The van der Waals surface area contributed by atoms with Crippen molar-refractivity contribution in [3.8, 4) is 0 Å². The van der Waals surface area contributed by atoms with E-state index in [1.807, 2.05) is 0 Å². The molecule has 1 aliphatic heterocycles. The quantitative estimate of drug-likeness (QED) is 0.524. The van der Waals surface area contributed by atoms with E-state index in [4.69, 9.17) is 27.9 Å². The second-order valence-electron chi connectivity index (χ2n) is 2.83. The van der Waals surface area contributed by atoms with E-state index in [1.165, 1.54) is 7.11 Å². The van der Waals surface area contributed by atoms with Crippen molar-refractivity contribution in [2.75, 3.05) is 13.7 Å². The molecule has 1 heterocycles. The van der Waals surface area contributed by atoms with Crippen LogP contribution in [-0.4, -0.2) is 36.0 Å². The molecule has 0 fully saturated rings. The van der Waals surface area contributed by atoms with Crippen molar-refractivity contribution >= 4 is 35.1 Å². The number of carbonyl (C=O) groups excluding carboxylic acids is 1. The Morgan fingerprint density at radius 3 is 2.77 bits per heavy atom. The Kier molecular flexibility index (Phi) is 3.03. The smallest absolute Gasteiger partial charge is 0.393 e. The van der Waals surface area contributed by atoms with Crippen molar-refractivity contribution in [3.05, 3.63) is 0 Å². The van der Waals surface area contributed by atoms with Gasteiger partial charge in [0, 0.05) is 0 Å². The van der Waals surface area contributed by atoms with E-state index in [0.29, 0.717) is 0 Å². The van der Waals surface area contributed by atoms with Crippen LogP contribution in [-0.2, 0) is 14.3 Å². The van der Waals surface area contributed by atoms with E-state index < -0.39 is 16.4 Å². The first-order valence-electron chi connectivity index (χ1n) is 3.59. The lowest BCUT2D eigenvalue weighted by Gasteiger charge is -2.23. The van der Waals surface area contributed by atoms with E-state index in [0.717, 1.165) is 0 Å². The lowest BCUT2D eigenvalue weighted by molar-refractivity contribution is -0.134. The van der Waals surface area contributed by atoms with E-state index in [9.17, 15) is 4.79 Å². The van der Waals surface area contributed by atoms with Crippen molar-refractivity contribution in [1.82, 2.24) is 0 Å². The molecule has 1 atom stereocenters. The maximum absolute atomic E-state index is 11.0. The van der Waals surface area contributed by atoms with Crippen LogP contribution in [0.4, 0.5) is 0 Å². The number of alkyl halides is 2. The predicted molar refractivity (Wildman–Crippen MR) is 49.3 cm³/mol. The van der Waals surface area contributed by atoms with Gasteiger partial charge in [-0.05, 0) is 6.92 Å². The first-order valence-corrected chi connectivity index (χ1v) is 4.47. The van der Waals surface area contributed by atoms with Gasteiger partial charge in [0.2, 0.25) is 0 Å². The van der Waals surface area contributed by atoms with Gasteiger partial charge in [-0.3, -0.25) is 0 Å². The SMILES string of the molecule is COC(=O)C1=NCC(C)(C(Cl)Cl)O1. The highest BCUT2D eigenvalue weighted by Gasteiger charge is 2.41. The minimum Gasteiger partial charge on any atom is -0.462 e. The fraction of sp³-hybridized carbons (Fsp3) is 0.714.